The van der Waals surface area contributed by atoms with Gasteiger partial charge in [0.05, 0.1) is 17.4 Å². The predicted octanol–water partition coefficient (Wildman–Crippen LogP) is 5.66. The van der Waals surface area contributed by atoms with Crippen LogP contribution in [0.1, 0.15) is 24.2 Å². The zero-order valence-corrected chi connectivity index (χ0v) is 21.4. The molecule has 0 saturated heterocycles. The van der Waals surface area contributed by atoms with E-state index in [1.807, 2.05) is 79.7 Å². The maximum absolute atomic E-state index is 10.8. The Morgan fingerprint density at radius 1 is 0.795 bits per heavy atom. The molecular formula is C30H28N8O. The third kappa shape index (κ3) is 6.60. The number of benzene rings is 2. The average Bonchev–Trinajstić information content (AvgIpc) is 3.00. The van der Waals surface area contributed by atoms with Crippen LogP contribution >= 0.6 is 0 Å². The van der Waals surface area contributed by atoms with Crippen LogP contribution in [0.15, 0.2) is 115 Å². The fourth-order valence-corrected chi connectivity index (χ4v) is 3.95. The van der Waals surface area contributed by atoms with Crippen LogP contribution in [-0.4, -0.2) is 37.3 Å². The fourth-order valence-electron chi connectivity index (χ4n) is 3.95. The molecule has 0 aliphatic carbocycles. The summed E-state index contributed by atoms with van der Waals surface area (Å²) in [5.74, 6) is 1.42. The van der Waals surface area contributed by atoms with Crippen LogP contribution in [0.5, 0.6) is 0 Å². The number of para-hydroxylation sites is 1. The first kappa shape index (κ1) is 25.5. The van der Waals surface area contributed by atoms with E-state index in [0.29, 0.717) is 17.6 Å². The van der Waals surface area contributed by atoms with Gasteiger partial charge in [0.15, 0.2) is 5.82 Å². The standard InChI is InChI=1S/C30H28N8O/c1-21(22-12-16-31-17-13-22)37-38-29-27(24-8-4-2-5-9-24)28(33-20-26(39)23-14-18-32-19-15-23)35-30(36-29)34-25-10-6-3-7-11-25/h2-19,26,39H,20H2,1H3,(H3,33,34,35,36,38). The van der Waals surface area contributed by atoms with Gasteiger partial charge in [-0.2, -0.15) is 15.1 Å². The quantitative estimate of drug-likeness (QED) is 0.139. The van der Waals surface area contributed by atoms with Gasteiger partial charge in [-0.05, 0) is 54.4 Å². The molecule has 1 unspecified atom stereocenters. The predicted molar refractivity (Wildman–Crippen MR) is 155 cm³/mol. The van der Waals surface area contributed by atoms with Crippen LogP contribution in [-0.2, 0) is 0 Å². The molecule has 194 valence electrons. The highest BCUT2D eigenvalue weighted by Crippen LogP contribution is 2.35. The summed E-state index contributed by atoms with van der Waals surface area (Å²) in [5.41, 5.74) is 8.09. The molecule has 0 amide bonds. The highest BCUT2D eigenvalue weighted by atomic mass is 16.3. The molecule has 0 spiro atoms. The molecule has 9 heteroatoms. The topological polar surface area (TPSA) is 120 Å². The number of nitrogens with zero attached hydrogens (tertiary/aromatic N) is 5. The van der Waals surface area contributed by atoms with Crippen molar-refractivity contribution in [3.05, 3.63) is 121 Å². The van der Waals surface area contributed by atoms with E-state index in [4.69, 9.17) is 9.97 Å². The van der Waals surface area contributed by atoms with Gasteiger partial charge in [0.1, 0.15) is 5.82 Å². The minimum Gasteiger partial charge on any atom is -0.387 e. The number of hydrazone groups is 1. The van der Waals surface area contributed by atoms with Gasteiger partial charge in [-0.15, -0.1) is 0 Å². The van der Waals surface area contributed by atoms with Crippen molar-refractivity contribution in [3.8, 4) is 11.1 Å². The first-order chi connectivity index (χ1) is 19.2. The van der Waals surface area contributed by atoms with Crippen LogP contribution in [0, 0.1) is 0 Å². The Morgan fingerprint density at radius 3 is 2.10 bits per heavy atom. The minimum atomic E-state index is -0.763. The summed E-state index contributed by atoms with van der Waals surface area (Å²) in [4.78, 5) is 17.7. The molecule has 0 aliphatic heterocycles. The van der Waals surface area contributed by atoms with Crippen molar-refractivity contribution in [2.45, 2.75) is 13.0 Å². The number of nitrogens with one attached hydrogen (secondary N) is 3. The lowest BCUT2D eigenvalue weighted by Gasteiger charge is -2.19. The van der Waals surface area contributed by atoms with Gasteiger partial charge in [0.25, 0.3) is 0 Å². The summed E-state index contributed by atoms with van der Waals surface area (Å²) in [6.07, 6.45) is 6.01. The molecule has 39 heavy (non-hydrogen) atoms. The smallest absolute Gasteiger partial charge is 0.231 e. The highest BCUT2D eigenvalue weighted by Gasteiger charge is 2.18. The van der Waals surface area contributed by atoms with Crippen LogP contribution in [0.25, 0.3) is 11.1 Å². The minimum absolute atomic E-state index is 0.227. The molecule has 2 aromatic carbocycles. The summed E-state index contributed by atoms with van der Waals surface area (Å²) in [7, 11) is 0. The van der Waals surface area contributed by atoms with Crippen molar-refractivity contribution >= 4 is 29.0 Å². The Labute approximate surface area is 226 Å². The van der Waals surface area contributed by atoms with Gasteiger partial charge >= 0.3 is 0 Å². The molecule has 3 aromatic heterocycles. The van der Waals surface area contributed by atoms with Gasteiger partial charge in [-0.3, -0.25) is 15.4 Å². The molecule has 3 heterocycles. The molecule has 0 aliphatic rings. The van der Waals surface area contributed by atoms with Gasteiger partial charge in [0, 0.05) is 42.6 Å². The molecule has 0 fully saturated rings. The Bertz CT molecular complexity index is 1510. The van der Waals surface area contributed by atoms with Crippen molar-refractivity contribution in [2.75, 3.05) is 22.6 Å². The SMILES string of the molecule is CC(=NNc1nc(Nc2ccccc2)nc(NCC(O)c2ccncc2)c1-c1ccccc1)c1ccncc1. The van der Waals surface area contributed by atoms with E-state index in [2.05, 4.69) is 31.1 Å². The van der Waals surface area contributed by atoms with E-state index in [1.54, 1.807) is 36.9 Å². The highest BCUT2D eigenvalue weighted by molar-refractivity contribution is 5.99. The van der Waals surface area contributed by atoms with Crippen LogP contribution in [0.4, 0.5) is 23.3 Å². The number of aliphatic hydroxyl groups excluding tert-OH is 1. The second-order valence-electron chi connectivity index (χ2n) is 8.70. The lowest BCUT2D eigenvalue weighted by Crippen LogP contribution is -2.15. The van der Waals surface area contributed by atoms with Crippen molar-refractivity contribution in [1.82, 2.24) is 19.9 Å². The molecule has 1 atom stereocenters. The average molecular weight is 517 g/mol. The summed E-state index contributed by atoms with van der Waals surface area (Å²) in [6, 6.07) is 26.9. The molecule has 9 nitrogen and oxygen atoms in total. The van der Waals surface area contributed by atoms with E-state index in [-0.39, 0.29) is 6.54 Å². The van der Waals surface area contributed by atoms with Crippen LogP contribution in [0.2, 0.25) is 0 Å². The zero-order valence-electron chi connectivity index (χ0n) is 21.4. The number of aromatic nitrogens is 4. The van der Waals surface area contributed by atoms with Crippen molar-refractivity contribution < 1.29 is 5.11 Å². The zero-order chi connectivity index (χ0) is 26.9. The summed E-state index contributed by atoms with van der Waals surface area (Å²) >= 11 is 0. The molecule has 5 aromatic rings. The fraction of sp³-hybridized carbons (Fsp3) is 0.100. The number of anilines is 4. The lowest BCUT2D eigenvalue weighted by molar-refractivity contribution is 0.191. The van der Waals surface area contributed by atoms with E-state index in [0.717, 1.165) is 33.7 Å². The number of rotatable bonds is 10. The van der Waals surface area contributed by atoms with Gasteiger partial charge in [-0.1, -0.05) is 48.5 Å². The molecule has 0 bridgehead atoms. The first-order valence-corrected chi connectivity index (χ1v) is 12.5. The Morgan fingerprint density at radius 2 is 1.41 bits per heavy atom. The Balaban J connectivity index is 1.55. The van der Waals surface area contributed by atoms with E-state index < -0.39 is 6.10 Å². The number of aliphatic hydroxyl groups is 1. The van der Waals surface area contributed by atoms with Gasteiger partial charge < -0.3 is 15.7 Å². The normalized spacial score (nSPS) is 12.0. The third-order valence-corrected chi connectivity index (χ3v) is 5.98. The number of hydrogen-bond donors (Lipinski definition) is 4. The molecule has 5 rings (SSSR count). The molecule has 0 radical (unpaired) electrons. The lowest BCUT2D eigenvalue weighted by atomic mass is 10.1. The second kappa shape index (κ2) is 12.4. The molecule has 4 N–H and O–H groups in total. The summed E-state index contributed by atoms with van der Waals surface area (Å²) < 4.78 is 0. The van der Waals surface area contributed by atoms with Gasteiger partial charge in [0.2, 0.25) is 5.95 Å². The van der Waals surface area contributed by atoms with E-state index in [1.165, 1.54) is 0 Å². The van der Waals surface area contributed by atoms with E-state index in [9.17, 15) is 5.11 Å². The maximum atomic E-state index is 10.8. The van der Waals surface area contributed by atoms with Gasteiger partial charge in [-0.25, -0.2) is 0 Å². The summed E-state index contributed by atoms with van der Waals surface area (Å²) in [5, 5.41) is 22.1. The van der Waals surface area contributed by atoms with Crippen LogP contribution < -0.4 is 16.1 Å². The second-order valence-corrected chi connectivity index (χ2v) is 8.70. The monoisotopic (exact) mass is 516 g/mol. The summed E-state index contributed by atoms with van der Waals surface area (Å²) in [6.45, 7) is 2.14. The first-order valence-electron chi connectivity index (χ1n) is 12.5. The Kier molecular flexibility index (Phi) is 8.10. The maximum Gasteiger partial charge on any atom is 0.231 e. The van der Waals surface area contributed by atoms with Crippen molar-refractivity contribution in [2.24, 2.45) is 5.10 Å². The Hall–Kier alpha value is -5.15. The molecule has 0 saturated carbocycles. The van der Waals surface area contributed by atoms with E-state index >= 15 is 0 Å². The number of pyridine rings is 2. The number of hydrogen-bond acceptors (Lipinski definition) is 9. The molecular weight excluding hydrogens is 488 g/mol. The van der Waals surface area contributed by atoms with Crippen molar-refractivity contribution in [3.63, 3.8) is 0 Å². The van der Waals surface area contributed by atoms with Crippen molar-refractivity contribution in [1.29, 1.82) is 0 Å². The third-order valence-electron chi connectivity index (χ3n) is 5.98. The largest absolute Gasteiger partial charge is 0.387 e. The van der Waals surface area contributed by atoms with Crippen LogP contribution in [0.3, 0.4) is 0 Å².